The number of carbonyl (C=O) groups is 1. The second kappa shape index (κ2) is 7.66. The third-order valence-electron chi connectivity index (χ3n) is 5.27. The molecule has 0 aliphatic heterocycles. The number of hydrogen-bond acceptors (Lipinski definition) is 5. The lowest BCUT2D eigenvalue weighted by molar-refractivity contribution is 0.0907. The number of imidazole rings is 1. The Labute approximate surface area is 177 Å². The Balaban J connectivity index is 1.47. The first-order chi connectivity index (χ1) is 15.1. The van der Waals surface area contributed by atoms with Gasteiger partial charge in [0, 0.05) is 23.3 Å². The Bertz CT molecular complexity index is 1390. The van der Waals surface area contributed by atoms with Gasteiger partial charge in [0.15, 0.2) is 5.82 Å². The molecule has 0 fully saturated rings. The SMILES string of the molecule is Cc1cccc([C@@H](CO)NC(=O)c2nc3cc4c(-c5ccncc5)n[nH]c4cc3[nH]2)c1. The monoisotopic (exact) mass is 412 g/mol. The molecule has 8 nitrogen and oxygen atoms in total. The van der Waals surface area contributed by atoms with Crippen molar-refractivity contribution in [2.24, 2.45) is 0 Å². The summed E-state index contributed by atoms with van der Waals surface area (Å²) in [6, 6.07) is 14.7. The standard InChI is InChI=1S/C23H20N6O2/c1-13-3-2-4-15(9-13)20(12-30)27-23(31)22-25-18-10-16-17(11-19(18)26-22)28-29-21(16)14-5-7-24-8-6-14/h2-11,20,30H,12H2,1H3,(H,25,26)(H,27,31)(H,28,29)/t20-/m1/s1. The van der Waals surface area contributed by atoms with E-state index in [-0.39, 0.29) is 18.3 Å². The number of nitrogens with one attached hydrogen (secondary N) is 3. The van der Waals surface area contributed by atoms with E-state index >= 15 is 0 Å². The molecule has 0 aliphatic rings. The van der Waals surface area contributed by atoms with Gasteiger partial charge in [0.2, 0.25) is 0 Å². The van der Waals surface area contributed by atoms with Crippen molar-refractivity contribution in [1.29, 1.82) is 0 Å². The molecule has 1 amide bonds. The molecular weight excluding hydrogens is 392 g/mol. The molecule has 3 heterocycles. The zero-order valence-corrected chi connectivity index (χ0v) is 16.8. The first-order valence-electron chi connectivity index (χ1n) is 9.89. The highest BCUT2D eigenvalue weighted by Crippen LogP contribution is 2.29. The Morgan fingerprint density at radius 1 is 1.13 bits per heavy atom. The van der Waals surface area contributed by atoms with Gasteiger partial charge >= 0.3 is 0 Å². The summed E-state index contributed by atoms with van der Waals surface area (Å²) >= 11 is 0. The number of rotatable bonds is 5. The zero-order chi connectivity index (χ0) is 21.4. The average Bonchev–Trinajstić information content (AvgIpc) is 3.39. The van der Waals surface area contributed by atoms with Crippen LogP contribution >= 0.6 is 0 Å². The highest BCUT2D eigenvalue weighted by Gasteiger charge is 2.19. The Kier molecular flexibility index (Phi) is 4.68. The fourth-order valence-corrected chi connectivity index (χ4v) is 3.71. The minimum absolute atomic E-state index is 0.187. The first-order valence-corrected chi connectivity index (χ1v) is 9.89. The maximum atomic E-state index is 12.8. The van der Waals surface area contributed by atoms with E-state index in [2.05, 4.69) is 30.5 Å². The number of hydrogen-bond donors (Lipinski definition) is 4. The number of carbonyl (C=O) groups excluding carboxylic acids is 1. The molecule has 8 heteroatoms. The topological polar surface area (TPSA) is 120 Å². The number of benzene rings is 2. The van der Waals surface area contributed by atoms with Crippen LogP contribution in [0.1, 0.15) is 27.8 Å². The summed E-state index contributed by atoms with van der Waals surface area (Å²) in [5.41, 5.74) is 5.86. The molecular formula is C23H20N6O2. The van der Waals surface area contributed by atoms with Crippen molar-refractivity contribution in [3.8, 4) is 11.3 Å². The number of fused-ring (bicyclic) bond motifs is 2. The van der Waals surface area contributed by atoms with E-state index in [9.17, 15) is 9.90 Å². The van der Waals surface area contributed by atoms with Crippen molar-refractivity contribution in [2.45, 2.75) is 13.0 Å². The lowest BCUT2D eigenvalue weighted by atomic mass is 10.1. The fourth-order valence-electron chi connectivity index (χ4n) is 3.71. The summed E-state index contributed by atoms with van der Waals surface area (Å²) in [6.45, 7) is 1.76. The van der Waals surface area contributed by atoms with Crippen LogP contribution in [0.2, 0.25) is 0 Å². The van der Waals surface area contributed by atoms with Crippen molar-refractivity contribution in [3.05, 3.63) is 77.9 Å². The molecule has 0 aliphatic carbocycles. The average molecular weight is 412 g/mol. The normalized spacial score (nSPS) is 12.3. The third-order valence-corrected chi connectivity index (χ3v) is 5.27. The van der Waals surface area contributed by atoms with Crippen molar-refractivity contribution < 1.29 is 9.90 Å². The maximum absolute atomic E-state index is 12.8. The fraction of sp³-hybridized carbons (Fsp3) is 0.130. The van der Waals surface area contributed by atoms with Crippen molar-refractivity contribution >= 4 is 27.8 Å². The summed E-state index contributed by atoms with van der Waals surface area (Å²) in [7, 11) is 0. The number of aliphatic hydroxyl groups is 1. The van der Waals surface area contributed by atoms with E-state index in [1.54, 1.807) is 12.4 Å². The Hall–Kier alpha value is -4.04. The van der Waals surface area contributed by atoms with Gasteiger partial charge in [-0.1, -0.05) is 29.8 Å². The molecule has 5 rings (SSSR count). The number of aromatic nitrogens is 5. The number of amides is 1. The molecule has 1 atom stereocenters. The molecule has 154 valence electrons. The molecule has 3 aromatic heterocycles. The highest BCUT2D eigenvalue weighted by atomic mass is 16.3. The molecule has 0 saturated carbocycles. The molecule has 31 heavy (non-hydrogen) atoms. The van der Waals surface area contributed by atoms with Crippen LogP contribution in [0.15, 0.2) is 60.9 Å². The van der Waals surface area contributed by atoms with Gasteiger partial charge in [-0.2, -0.15) is 5.10 Å². The summed E-state index contributed by atoms with van der Waals surface area (Å²) in [5, 5.41) is 21.0. The number of aromatic amines is 2. The van der Waals surface area contributed by atoms with Crippen LogP contribution in [0.5, 0.6) is 0 Å². The molecule has 5 aromatic rings. The highest BCUT2D eigenvalue weighted by molar-refractivity contribution is 6.02. The van der Waals surface area contributed by atoms with Gasteiger partial charge in [0.25, 0.3) is 5.91 Å². The second-order valence-corrected chi connectivity index (χ2v) is 7.43. The predicted octanol–water partition coefficient (Wildman–Crippen LogP) is 3.27. The number of pyridine rings is 1. The molecule has 0 unspecified atom stereocenters. The van der Waals surface area contributed by atoms with Crippen molar-refractivity contribution in [1.82, 2.24) is 30.5 Å². The quantitative estimate of drug-likeness (QED) is 0.353. The number of aliphatic hydroxyl groups excluding tert-OH is 1. The van der Waals surface area contributed by atoms with Gasteiger partial charge in [-0.25, -0.2) is 4.98 Å². The van der Waals surface area contributed by atoms with Gasteiger partial charge in [-0.05, 0) is 36.8 Å². The minimum atomic E-state index is -0.516. The van der Waals surface area contributed by atoms with E-state index in [0.29, 0.717) is 5.52 Å². The van der Waals surface area contributed by atoms with Crippen LogP contribution in [-0.2, 0) is 0 Å². The van der Waals surface area contributed by atoms with E-state index < -0.39 is 6.04 Å². The molecule has 0 saturated heterocycles. The van der Waals surface area contributed by atoms with Gasteiger partial charge < -0.3 is 15.4 Å². The van der Waals surface area contributed by atoms with Crippen LogP contribution in [0, 0.1) is 6.92 Å². The largest absolute Gasteiger partial charge is 0.394 e. The third kappa shape index (κ3) is 3.53. The zero-order valence-electron chi connectivity index (χ0n) is 16.8. The smallest absolute Gasteiger partial charge is 0.287 e. The Morgan fingerprint density at radius 2 is 1.97 bits per heavy atom. The van der Waals surface area contributed by atoms with Gasteiger partial charge in [0.05, 0.1) is 29.2 Å². The molecule has 0 spiro atoms. The lowest BCUT2D eigenvalue weighted by Gasteiger charge is -2.16. The molecule has 0 radical (unpaired) electrons. The van der Waals surface area contributed by atoms with E-state index in [1.165, 1.54) is 0 Å². The summed E-state index contributed by atoms with van der Waals surface area (Å²) in [5.74, 6) is -0.194. The molecule has 0 bridgehead atoms. The number of H-pyrrole nitrogens is 2. The van der Waals surface area contributed by atoms with Crippen molar-refractivity contribution in [2.75, 3.05) is 6.61 Å². The molecule has 2 aromatic carbocycles. The minimum Gasteiger partial charge on any atom is -0.394 e. The van der Waals surface area contributed by atoms with Crippen LogP contribution in [0.25, 0.3) is 33.2 Å². The van der Waals surface area contributed by atoms with Crippen LogP contribution in [-0.4, -0.2) is 42.8 Å². The van der Waals surface area contributed by atoms with Crippen LogP contribution in [0.3, 0.4) is 0 Å². The summed E-state index contributed by atoms with van der Waals surface area (Å²) in [4.78, 5) is 24.4. The van der Waals surface area contributed by atoms with Crippen LogP contribution < -0.4 is 5.32 Å². The second-order valence-electron chi connectivity index (χ2n) is 7.43. The van der Waals surface area contributed by atoms with E-state index in [0.717, 1.165) is 38.8 Å². The van der Waals surface area contributed by atoms with Gasteiger partial charge in [-0.15, -0.1) is 0 Å². The van der Waals surface area contributed by atoms with Gasteiger partial charge in [-0.3, -0.25) is 14.9 Å². The lowest BCUT2D eigenvalue weighted by Crippen LogP contribution is -2.31. The van der Waals surface area contributed by atoms with Crippen molar-refractivity contribution in [3.63, 3.8) is 0 Å². The summed E-state index contributed by atoms with van der Waals surface area (Å²) in [6.07, 6.45) is 3.44. The first kappa shape index (κ1) is 19.0. The van der Waals surface area contributed by atoms with E-state index in [1.807, 2.05) is 55.5 Å². The van der Waals surface area contributed by atoms with Gasteiger partial charge in [0.1, 0.15) is 5.69 Å². The maximum Gasteiger partial charge on any atom is 0.287 e. The summed E-state index contributed by atoms with van der Waals surface area (Å²) < 4.78 is 0. The van der Waals surface area contributed by atoms with E-state index in [4.69, 9.17) is 0 Å². The predicted molar refractivity (Wildman–Crippen MR) is 117 cm³/mol. The number of aryl methyl sites for hydroxylation is 1. The Morgan fingerprint density at radius 3 is 2.74 bits per heavy atom. The van der Waals surface area contributed by atoms with Crippen LogP contribution in [0.4, 0.5) is 0 Å². The molecule has 4 N–H and O–H groups in total. The number of nitrogens with zero attached hydrogens (tertiary/aromatic N) is 3.